The van der Waals surface area contributed by atoms with Crippen LogP contribution in [0.15, 0.2) is 72.8 Å². The first kappa shape index (κ1) is 81.3. The molecule has 100 heavy (non-hydrogen) atoms. The van der Waals surface area contributed by atoms with Gasteiger partial charge in [0.25, 0.3) is 0 Å². The Kier molecular flexibility index (Phi) is 39.0. The number of hydrogen-bond donors (Lipinski definition) is 2. The van der Waals surface area contributed by atoms with Crippen LogP contribution in [0, 0.1) is 22.9 Å². The number of nitrogens with one attached hydrogen (secondary N) is 2. The zero-order chi connectivity index (χ0) is 70.6. The zero-order valence-corrected chi connectivity index (χ0v) is 65.1. The Morgan fingerprint density at radius 1 is 0.330 bits per heavy atom. The average molecular weight is 1400 g/mol. The molecule has 2 N–H and O–H groups in total. The van der Waals surface area contributed by atoms with Gasteiger partial charge in [0.2, 0.25) is 0 Å². The lowest BCUT2D eigenvalue weighted by molar-refractivity contribution is 0.0180. The van der Waals surface area contributed by atoms with Gasteiger partial charge in [-0.05, 0) is 120 Å². The van der Waals surface area contributed by atoms with Crippen LogP contribution in [-0.4, -0.2) is 130 Å². The molecule has 0 fully saturated rings. The minimum atomic E-state index is -2.15. The Labute approximate surface area is 605 Å². The molecule has 546 valence electrons. The van der Waals surface area contributed by atoms with E-state index in [0.29, 0.717) is 79.3 Å². The lowest BCUT2D eigenvalue weighted by Gasteiger charge is -2.27. The summed E-state index contributed by atoms with van der Waals surface area (Å²) in [4.78, 5) is 19.6. The van der Waals surface area contributed by atoms with Crippen LogP contribution in [0.4, 0.5) is 0 Å². The van der Waals surface area contributed by atoms with Crippen molar-refractivity contribution in [2.45, 2.75) is 232 Å². The number of rotatable bonds is 52. The number of aromatic nitrogens is 4. The fourth-order valence-corrected chi connectivity index (χ4v) is 22.4. The topological polar surface area (TPSA) is 131 Å². The van der Waals surface area contributed by atoms with E-state index in [1.807, 2.05) is 12.1 Å². The molecule has 5 aromatic rings. The lowest BCUT2D eigenvalue weighted by atomic mass is 10.0. The maximum Gasteiger partial charge on any atom is 0.138 e. The van der Waals surface area contributed by atoms with Crippen LogP contribution in [0.25, 0.3) is 68.6 Å². The summed E-state index contributed by atoms with van der Waals surface area (Å²) < 4.78 is 46.4. The number of ether oxygens (including phenoxy) is 8. The van der Waals surface area contributed by atoms with Gasteiger partial charge in [0.05, 0.1) is 111 Å². The second-order valence-electron chi connectivity index (χ2n) is 27.6. The van der Waals surface area contributed by atoms with Gasteiger partial charge in [0, 0.05) is 36.4 Å². The van der Waals surface area contributed by atoms with Crippen LogP contribution >= 0.6 is 0 Å². The van der Waals surface area contributed by atoms with E-state index >= 15 is 0 Å². The van der Waals surface area contributed by atoms with Gasteiger partial charge >= 0.3 is 0 Å². The van der Waals surface area contributed by atoms with E-state index in [1.165, 1.54) is 190 Å². The van der Waals surface area contributed by atoms with Crippen LogP contribution in [0.3, 0.4) is 0 Å². The van der Waals surface area contributed by atoms with E-state index in [2.05, 4.69) is 159 Å². The van der Waals surface area contributed by atoms with Crippen LogP contribution in [0.2, 0.25) is 36.3 Å². The Morgan fingerprint density at radius 2 is 0.630 bits per heavy atom. The molecule has 0 aliphatic carbocycles. The summed E-state index contributed by atoms with van der Waals surface area (Å²) in [5.41, 5.74) is 21.5. The number of unbranched alkanes of at least 4 members (excludes halogenated alkanes) is 18. The molecule has 12 nitrogen and oxygen atoms in total. The minimum Gasteiger partial charge on any atom is -0.491 e. The molecule has 5 heterocycles. The summed E-state index contributed by atoms with van der Waals surface area (Å²) in [7, 11) is -0.929. The summed E-state index contributed by atoms with van der Waals surface area (Å²) >= 11 is 0. The zero-order valence-electron chi connectivity index (χ0n) is 63.1. The van der Waals surface area contributed by atoms with Gasteiger partial charge in [-0.25, -0.2) is 9.97 Å². The molecule has 0 spiro atoms. The van der Waals surface area contributed by atoms with Gasteiger partial charge in [0.15, 0.2) is 0 Å². The predicted octanol–water partition coefficient (Wildman–Crippen LogP) is 22.3. The number of nitrogens with zero attached hydrogens (tertiary/aromatic N) is 2. The van der Waals surface area contributed by atoms with E-state index in [0.717, 1.165) is 89.7 Å². The SMILES string of the molecule is CCCCCC[Si](C#Cc1c2nc(c(-c3cccc(OCCOCCOCCOC)c3)c3ccc([nH]3)c(C#C[Si](CCCCCC)(CCCCCC)CCCCCC)c3nc(c(-c4cccc(OCCOCCOCCOC)c4)c4ccc1[nH]4)C=C3)C=C2)(CCCCCC)CCCCCC. The van der Waals surface area contributed by atoms with E-state index in [-0.39, 0.29) is 0 Å². The van der Waals surface area contributed by atoms with Crippen LogP contribution in [0.5, 0.6) is 11.5 Å². The third-order valence-corrected chi connectivity index (χ3v) is 28.7. The maximum absolute atomic E-state index is 6.48. The van der Waals surface area contributed by atoms with Gasteiger partial charge in [-0.15, -0.1) is 11.1 Å². The molecule has 0 unspecified atom stereocenters. The van der Waals surface area contributed by atoms with Crippen molar-refractivity contribution >= 4 is 62.5 Å². The van der Waals surface area contributed by atoms with Gasteiger partial charge in [0.1, 0.15) is 40.9 Å². The fraction of sp³-hybridized carbons (Fsp3) is 0.581. The molecule has 2 aliphatic rings. The highest BCUT2D eigenvalue weighted by molar-refractivity contribution is 6.87. The number of aromatic amines is 2. The maximum atomic E-state index is 6.48. The quantitative estimate of drug-likeness (QED) is 0.0216. The molecule has 0 atom stereocenters. The summed E-state index contributed by atoms with van der Waals surface area (Å²) in [6, 6.07) is 33.2. The van der Waals surface area contributed by atoms with Crippen molar-refractivity contribution in [2.75, 3.05) is 93.5 Å². The smallest absolute Gasteiger partial charge is 0.138 e. The predicted molar refractivity (Wildman–Crippen MR) is 427 cm³/mol. The summed E-state index contributed by atoms with van der Waals surface area (Å²) in [5.74, 6) is 9.67. The third-order valence-electron chi connectivity index (χ3n) is 19.6. The van der Waals surface area contributed by atoms with Gasteiger partial charge in [-0.1, -0.05) is 232 Å². The number of H-pyrrole nitrogens is 2. The second kappa shape index (κ2) is 48.0. The third kappa shape index (κ3) is 27.6. The van der Waals surface area contributed by atoms with Crippen LogP contribution in [-0.2, 0) is 28.4 Å². The molecule has 8 bridgehead atoms. The monoisotopic (exact) mass is 1400 g/mol. The van der Waals surface area contributed by atoms with Crippen molar-refractivity contribution in [3.8, 4) is 56.7 Å². The molecule has 2 aromatic carbocycles. The van der Waals surface area contributed by atoms with E-state index in [1.54, 1.807) is 14.2 Å². The van der Waals surface area contributed by atoms with E-state index in [4.69, 9.17) is 47.9 Å². The number of hydrogen-bond acceptors (Lipinski definition) is 10. The molecular weight excluding hydrogens is 1270 g/mol. The fourth-order valence-electron chi connectivity index (χ4n) is 13.8. The van der Waals surface area contributed by atoms with Gasteiger partial charge < -0.3 is 47.9 Å². The molecule has 2 aliphatic heterocycles. The highest BCUT2D eigenvalue weighted by Crippen LogP contribution is 2.38. The molecule has 0 saturated carbocycles. The molecule has 0 saturated heterocycles. The second-order valence-corrected chi connectivity index (χ2v) is 36.2. The van der Waals surface area contributed by atoms with Crippen molar-refractivity contribution in [3.05, 3.63) is 107 Å². The lowest BCUT2D eigenvalue weighted by Crippen LogP contribution is -2.32. The number of fused-ring (bicyclic) bond motifs is 8. The molecule has 7 rings (SSSR count). The largest absolute Gasteiger partial charge is 0.491 e. The summed E-state index contributed by atoms with van der Waals surface area (Å²) in [6.45, 7) is 19.8. The standard InChI is InChI=1S/C86H126N4O8Si2/c1-9-15-21-27-61-99(62-28-22-16-10-2,63-29-23-17-11-3)67-47-75-77-39-43-81(87-77)85(71-35-33-37-73(69-71)97-59-57-95-55-53-93-51-49-91-7)83-45-41-79(89-83)76(48-68-100(64-30-24-18-12-4,65-31-25-19-13-5)66-32-26-20-14-6)80-42-46-84(90-80)86(82-44-40-78(75)88-82)72-36-34-38-74(70-72)98-60-58-96-56-54-94-52-50-92-8/h33-46,69-70,87,90H,9-32,49-66H2,1-8H3. The molecular formula is C86H126N4O8Si2. The number of methoxy groups -OCH3 is 2. The first-order valence-corrected chi connectivity index (χ1v) is 44.5. The Balaban J connectivity index is 1.52. The molecule has 14 heteroatoms. The van der Waals surface area contributed by atoms with Crippen molar-refractivity contribution in [3.63, 3.8) is 0 Å². The van der Waals surface area contributed by atoms with Crippen molar-refractivity contribution in [1.29, 1.82) is 0 Å². The Bertz CT molecular complexity index is 3220. The van der Waals surface area contributed by atoms with Gasteiger partial charge in [-0.2, -0.15) is 0 Å². The highest BCUT2D eigenvalue weighted by atomic mass is 28.3. The van der Waals surface area contributed by atoms with Crippen molar-refractivity contribution in [1.82, 2.24) is 19.9 Å². The minimum absolute atomic E-state index is 0.394. The summed E-state index contributed by atoms with van der Waals surface area (Å²) in [5, 5.41) is 0. The van der Waals surface area contributed by atoms with Gasteiger partial charge in [-0.3, -0.25) is 0 Å². The Hall–Kier alpha value is -6.05. The first-order valence-electron chi connectivity index (χ1n) is 39.2. The highest BCUT2D eigenvalue weighted by Gasteiger charge is 2.32. The molecule has 0 amide bonds. The normalized spacial score (nSPS) is 12.1. The Morgan fingerprint density at radius 3 is 0.950 bits per heavy atom. The first-order chi connectivity index (χ1) is 49.2. The van der Waals surface area contributed by atoms with Crippen molar-refractivity contribution in [2.24, 2.45) is 0 Å². The van der Waals surface area contributed by atoms with Crippen LogP contribution in [0.1, 0.15) is 230 Å². The number of benzene rings is 2. The molecule has 0 radical (unpaired) electrons. The van der Waals surface area contributed by atoms with Crippen LogP contribution < -0.4 is 9.47 Å². The van der Waals surface area contributed by atoms with E-state index < -0.39 is 16.1 Å². The van der Waals surface area contributed by atoms with Crippen molar-refractivity contribution < 1.29 is 37.9 Å². The molecule has 3 aromatic heterocycles. The van der Waals surface area contributed by atoms with E-state index in [9.17, 15) is 0 Å². The summed E-state index contributed by atoms with van der Waals surface area (Å²) in [6.07, 6.45) is 38.8. The average Bonchev–Trinajstić information content (AvgIpc) is 1.62.